The number of aliphatic imine (C=N–C) groups is 1. The minimum Gasteiger partial charge on any atom is -0.454 e. The summed E-state index contributed by atoms with van der Waals surface area (Å²) in [6.07, 6.45) is 1.89. The van der Waals surface area contributed by atoms with Gasteiger partial charge in [-0.3, -0.25) is 4.68 Å². The van der Waals surface area contributed by atoms with Crippen LogP contribution >= 0.6 is 24.0 Å². The second kappa shape index (κ2) is 10.5. The molecule has 8 heteroatoms. The third-order valence-electron chi connectivity index (χ3n) is 4.66. The Morgan fingerprint density at radius 1 is 1.14 bits per heavy atom. The number of aromatic nitrogens is 2. The largest absolute Gasteiger partial charge is 0.454 e. The molecule has 7 nitrogen and oxygen atoms in total. The Kier molecular flexibility index (Phi) is 8.40. The molecule has 1 aliphatic rings. The first kappa shape index (κ1) is 22.3. The van der Waals surface area contributed by atoms with Crippen LogP contribution in [0.25, 0.3) is 0 Å². The fraction of sp³-hybridized carbons (Fsp3) is 0.500. The third kappa shape index (κ3) is 5.09. The van der Waals surface area contributed by atoms with Gasteiger partial charge in [0.05, 0.1) is 12.2 Å². The Morgan fingerprint density at radius 2 is 1.93 bits per heavy atom. The van der Waals surface area contributed by atoms with Crippen molar-refractivity contribution in [3.05, 3.63) is 40.7 Å². The first-order valence-electron chi connectivity index (χ1n) is 9.60. The van der Waals surface area contributed by atoms with Crippen LogP contribution in [0.15, 0.2) is 23.2 Å². The summed E-state index contributed by atoms with van der Waals surface area (Å²) in [4.78, 5) is 4.71. The zero-order chi connectivity index (χ0) is 19.2. The average molecular weight is 499 g/mol. The van der Waals surface area contributed by atoms with E-state index < -0.39 is 0 Å². The Labute approximate surface area is 183 Å². The molecule has 1 aromatic carbocycles. The monoisotopic (exact) mass is 499 g/mol. The highest BCUT2D eigenvalue weighted by molar-refractivity contribution is 14.0. The van der Waals surface area contributed by atoms with Gasteiger partial charge in [0, 0.05) is 31.4 Å². The van der Waals surface area contributed by atoms with Crippen molar-refractivity contribution in [3.63, 3.8) is 0 Å². The van der Waals surface area contributed by atoms with Crippen molar-refractivity contribution >= 4 is 29.9 Å². The minimum atomic E-state index is 0. The molecule has 0 aliphatic carbocycles. The lowest BCUT2D eigenvalue weighted by Crippen LogP contribution is -2.37. The molecule has 28 heavy (non-hydrogen) atoms. The van der Waals surface area contributed by atoms with E-state index in [1.165, 1.54) is 11.3 Å². The van der Waals surface area contributed by atoms with Gasteiger partial charge in [0.1, 0.15) is 0 Å². The van der Waals surface area contributed by atoms with Crippen molar-refractivity contribution < 1.29 is 9.47 Å². The summed E-state index contributed by atoms with van der Waals surface area (Å²) in [6.45, 7) is 8.76. The summed E-state index contributed by atoms with van der Waals surface area (Å²) in [5.41, 5.74) is 4.77. The molecule has 1 aromatic heterocycles. The SMILES string of the molecule is CCNC(=NCc1ccc2c(c1)OCO2)NCc1c(CC)nn(C)c1CC.I. The van der Waals surface area contributed by atoms with Gasteiger partial charge in [-0.15, -0.1) is 24.0 Å². The van der Waals surface area contributed by atoms with Crippen molar-refractivity contribution in [1.82, 2.24) is 20.4 Å². The molecule has 3 rings (SSSR count). The summed E-state index contributed by atoms with van der Waals surface area (Å²) in [5.74, 6) is 2.38. The maximum absolute atomic E-state index is 5.44. The van der Waals surface area contributed by atoms with Gasteiger partial charge in [0.2, 0.25) is 6.79 Å². The molecule has 0 bridgehead atoms. The van der Waals surface area contributed by atoms with Gasteiger partial charge in [-0.1, -0.05) is 19.9 Å². The van der Waals surface area contributed by atoms with Gasteiger partial charge in [0.25, 0.3) is 0 Å². The van der Waals surface area contributed by atoms with Gasteiger partial charge in [-0.25, -0.2) is 4.99 Å². The van der Waals surface area contributed by atoms with Crippen LogP contribution in [0.4, 0.5) is 0 Å². The number of ether oxygens (including phenoxy) is 2. The second-order valence-electron chi connectivity index (χ2n) is 6.44. The average Bonchev–Trinajstić information content (AvgIpc) is 3.26. The molecule has 0 fully saturated rings. The van der Waals surface area contributed by atoms with E-state index >= 15 is 0 Å². The van der Waals surface area contributed by atoms with Crippen LogP contribution in [-0.2, 0) is 33.0 Å². The Balaban J connectivity index is 0.00000280. The molecule has 0 saturated carbocycles. The van der Waals surface area contributed by atoms with Crippen molar-refractivity contribution in [3.8, 4) is 11.5 Å². The highest BCUT2D eigenvalue weighted by Gasteiger charge is 2.15. The molecule has 2 aromatic rings. The van der Waals surface area contributed by atoms with E-state index in [1.807, 2.05) is 29.9 Å². The molecular formula is C20H30IN5O2. The van der Waals surface area contributed by atoms with Gasteiger partial charge in [-0.2, -0.15) is 5.10 Å². The van der Waals surface area contributed by atoms with E-state index in [1.54, 1.807) is 0 Å². The highest BCUT2D eigenvalue weighted by Crippen LogP contribution is 2.32. The second-order valence-corrected chi connectivity index (χ2v) is 6.44. The number of benzene rings is 1. The van der Waals surface area contributed by atoms with E-state index in [2.05, 4.69) is 36.5 Å². The molecule has 2 heterocycles. The molecule has 0 saturated heterocycles. The lowest BCUT2D eigenvalue weighted by Gasteiger charge is -2.12. The van der Waals surface area contributed by atoms with E-state index in [9.17, 15) is 0 Å². The number of nitrogens with zero attached hydrogens (tertiary/aromatic N) is 3. The van der Waals surface area contributed by atoms with Gasteiger partial charge >= 0.3 is 0 Å². The maximum atomic E-state index is 5.44. The lowest BCUT2D eigenvalue weighted by molar-refractivity contribution is 0.174. The zero-order valence-corrected chi connectivity index (χ0v) is 19.4. The Morgan fingerprint density at radius 3 is 2.64 bits per heavy atom. The summed E-state index contributed by atoms with van der Waals surface area (Å²) >= 11 is 0. The number of rotatable bonds is 7. The maximum Gasteiger partial charge on any atom is 0.231 e. The van der Waals surface area contributed by atoms with E-state index in [0.29, 0.717) is 13.1 Å². The quantitative estimate of drug-likeness (QED) is 0.348. The molecule has 0 unspecified atom stereocenters. The van der Waals surface area contributed by atoms with Crippen LogP contribution in [0.5, 0.6) is 11.5 Å². The first-order chi connectivity index (χ1) is 13.2. The van der Waals surface area contributed by atoms with Gasteiger partial charge < -0.3 is 20.1 Å². The molecule has 0 atom stereocenters. The van der Waals surface area contributed by atoms with Crippen molar-refractivity contribution in [2.45, 2.75) is 46.7 Å². The standard InChI is InChI=1S/C20H29N5O2.HI/c1-5-16-15(17(6-2)25(4)24-16)12-23-20(21-7-3)22-11-14-8-9-18-19(10-14)27-13-26-18;/h8-10H,5-7,11-13H2,1-4H3,(H2,21,22,23);1H. The summed E-state index contributed by atoms with van der Waals surface area (Å²) in [5, 5.41) is 11.4. The number of hydrogen-bond acceptors (Lipinski definition) is 4. The fourth-order valence-corrected chi connectivity index (χ4v) is 3.32. The summed E-state index contributed by atoms with van der Waals surface area (Å²) < 4.78 is 12.8. The molecule has 0 radical (unpaired) electrons. The van der Waals surface area contributed by atoms with Gasteiger partial charge in [-0.05, 0) is 37.5 Å². The normalized spacial score (nSPS) is 12.6. The van der Waals surface area contributed by atoms with Crippen molar-refractivity contribution in [2.24, 2.45) is 12.0 Å². The molecule has 0 amide bonds. The van der Waals surface area contributed by atoms with Gasteiger partial charge in [0.15, 0.2) is 17.5 Å². The van der Waals surface area contributed by atoms with E-state index in [-0.39, 0.29) is 30.8 Å². The van der Waals surface area contributed by atoms with E-state index in [4.69, 9.17) is 14.5 Å². The topological polar surface area (TPSA) is 72.7 Å². The molecule has 1 aliphatic heterocycles. The highest BCUT2D eigenvalue weighted by atomic mass is 127. The molecule has 154 valence electrons. The number of guanidine groups is 1. The minimum absolute atomic E-state index is 0. The molecular weight excluding hydrogens is 469 g/mol. The van der Waals surface area contributed by atoms with Crippen LogP contribution in [-0.4, -0.2) is 29.1 Å². The zero-order valence-electron chi connectivity index (χ0n) is 17.0. The molecule has 2 N–H and O–H groups in total. The predicted octanol–water partition coefficient (Wildman–Crippen LogP) is 3.15. The van der Waals surface area contributed by atoms with E-state index in [0.717, 1.165) is 48.1 Å². The number of hydrogen-bond donors (Lipinski definition) is 2. The number of fused-ring (bicyclic) bond motifs is 1. The van der Waals surface area contributed by atoms with Crippen molar-refractivity contribution in [1.29, 1.82) is 0 Å². The van der Waals surface area contributed by atoms with Crippen LogP contribution in [0.3, 0.4) is 0 Å². The summed E-state index contributed by atoms with van der Waals surface area (Å²) in [6, 6.07) is 5.94. The smallest absolute Gasteiger partial charge is 0.231 e. The number of halogens is 1. The summed E-state index contributed by atoms with van der Waals surface area (Å²) in [7, 11) is 2.01. The molecule has 0 spiro atoms. The van der Waals surface area contributed by atoms with Crippen molar-refractivity contribution in [2.75, 3.05) is 13.3 Å². The van der Waals surface area contributed by atoms with Crippen LogP contribution in [0.1, 0.15) is 43.3 Å². The van der Waals surface area contributed by atoms with Crippen LogP contribution < -0.4 is 20.1 Å². The Bertz CT molecular complexity index is 819. The predicted molar refractivity (Wildman–Crippen MR) is 122 cm³/mol. The van der Waals surface area contributed by atoms with Crippen LogP contribution in [0.2, 0.25) is 0 Å². The van der Waals surface area contributed by atoms with Crippen LogP contribution in [0, 0.1) is 0 Å². The first-order valence-corrected chi connectivity index (χ1v) is 9.60. The third-order valence-corrected chi connectivity index (χ3v) is 4.66. The Hall–Kier alpha value is -1.97. The number of aryl methyl sites for hydroxylation is 2. The number of nitrogens with one attached hydrogen (secondary N) is 2. The lowest BCUT2D eigenvalue weighted by atomic mass is 10.1. The fourth-order valence-electron chi connectivity index (χ4n) is 3.32.